The summed E-state index contributed by atoms with van der Waals surface area (Å²) in [5.74, 6) is -1.12. The van der Waals surface area contributed by atoms with E-state index in [0.717, 1.165) is 6.26 Å². The van der Waals surface area contributed by atoms with Crippen LogP contribution >= 0.6 is 0 Å². The highest BCUT2D eigenvalue weighted by molar-refractivity contribution is 7.89. The van der Waals surface area contributed by atoms with Crippen LogP contribution in [0.1, 0.15) is 18.4 Å². The molecule has 0 unspecified atom stereocenters. The van der Waals surface area contributed by atoms with Crippen LogP contribution < -0.4 is 4.72 Å². The van der Waals surface area contributed by atoms with Crippen LogP contribution in [-0.4, -0.2) is 46.4 Å². The molecule has 9 heteroatoms. The maximum Gasteiger partial charge on any atom is 0.236 e. The van der Waals surface area contributed by atoms with Gasteiger partial charge in [-0.3, -0.25) is 9.52 Å². The molecular formula is C14H20N2O5S2. The lowest BCUT2D eigenvalue weighted by Crippen LogP contribution is -2.44. The van der Waals surface area contributed by atoms with E-state index in [1.807, 2.05) is 10.8 Å². The molecule has 0 saturated carbocycles. The van der Waals surface area contributed by atoms with Gasteiger partial charge in [0, 0.05) is 19.0 Å². The molecule has 1 aliphatic rings. The van der Waals surface area contributed by atoms with Crippen molar-refractivity contribution in [2.45, 2.75) is 18.6 Å². The molecule has 23 heavy (non-hydrogen) atoms. The third-order valence-electron chi connectivity index (χ3n) is 3.70. The molecule has 0 aromatic heterocycles. The van der Waals surface area contributed by atoms with E-state index >= 15 is 0 Å². The third-order valence-corrected chi connectivity index (χ3v) is 6.12. The van der Waals surface area contributed by atoms with Crippen LogP contribution in [0.5, 0.6) is 0 Å². The number of sulfonamides is 2. The van der Waals surface area contributed by atoms with Crippen molar-refractivity contribution in [3.05, 3.63) is 35.9 Å². The normalized spacial score (nSPS) is 17.8. The van der Waals surface area contributed by atoms with Crippen molar-refractivity contribution < 1.29 is 21.6 Å². The molecule has 1 saturated heterocycles. The summed E-state index contributed by atoms with van der Waals surface area (Å²) in [6.45, 7) is 0.439. The SMILES string of the molecule is CS(=O)(=O)NC(=O)C1CCN(S(=O)(=O)Cc2ccccc2)CC1. The first kappa shape index (κ1) is 17.9. The van der Waals surface area contributed by atoms with Crippen molar-refractivity contribution in [3.8, 4) is 0 Å². The summed E-state index contributed by atoms with van der Waals surface area (Å²) >= 11 is 0. The van der Waals surface area contributed by atoms with E-state index in [0.29, 0.717) is 18.4 Å². The smallest absolute Gasteiger partial charge is 0.236 e. The highest BCUT2D eigenvalue weighted by Crippen LogP contribution is 2.22. The maximum absolute atomic E-state index is 12.4. The summed E-state index contributed by atoms with van der Waals surface area (Å²) < 4.78 is 50.2. The minimum atomic E-state index is -3.59. The highest BCUT2D eigenvalue weighted by atomic mass is 32.2. The lowest BCUT2D eigenvalue weighted by Gasteiger charge is -2.30. The van der Waals surface area contributed by atoms with E-state index in [4.69, 9.17) is 0 Å². The van der Waals surface area contributed by atoms with Gasteiger partial charge in [0.2, 0.25) is 26.0 Å². The van der Waals surface area contributed by atoms with E-state index in [-0.39, 0.29) is 18.8 Å². The van der Waals surface area contributed by atoms with Crippen LogP contribution in [0.25, 0.3) is 0 Å². The molecule has 2 rings (SSSR count). The highest BCUT2D eigenvalue weighted by Gasteiger charge is 2.31. The number of rotatable bonds is 5. The molecule has 1 aromatic rings. The average molecular weight is 360 g/mol. The minimum absolute atomic E-state index is 0.0754. The molecular weight excluding hydrogens is 340 g/mol. The van der Waals surface area contributed by atoms with Gasteiger partial charge in [-0.1, -0.05) is 30.3 Å². The second kappa shape index (κ2) is 6.98. The molecule has 0 aliphatic carbocycles. The van der Waals surface area contributed by atoms with Gasteiger partial charge in [0.15, 0.2) is 0 Å². The molecule has 1 aromatic carbocycles. The number of piperidine rings is 1. The van der Waals surface area contributed by atoms with Crippen LogP contribution in [0.4, 0.5) is 0 Å². The Morgan fingerprint density at radius 2 is 1.70 bits per heavy atom. The zero-order chi connectivity index (χ0) is 17.1. The van der Waals surface area contributed by atoms with Crippen LogP contribution in [0.3, 0.4) is 0 Å². The fourth-order valence-electron chi connectivity index (χ4n) is 2.54. The summed E-state index contributed by atoms with van der Waals surface area (Å²) in [4.78, 5) is 11.8. The van der Waals surface area contributed by atoms with Gasteiger partial charge in [-0.15, -0.1) is 0 Å². The van der Waals surface area contributed by atoms with Crippen molar-refractivity contribution in [2.75, 3.05) is 19.3 Å². The topological polar surface area (TPSA) is 101 Å². The molecule has 0 radical (unpaired) electrons. The quantitative estimate of drug-likeness (QED) is 0.814. The van der Waals surface area contributed by atoms with Gasteiger partial charge in [0.05, 0.1) is 12.0 Å². The van der Waals surface area contributed by atoms with Crippen LogP contribution in [0.15, 0.2) is 30.3 Å². The van der Waals surface area contributed by atoms with E-state index < -0.39 is 31.9 Å². The van der Waals surface area contributed by atoms with E-state index in [2.05, 4.69) is 0 Å². The molecule has 1 aliphatic heterocycles. The molecule has 1 fully saturated rings. The van der Waals surface area contributed by atoms with Crippen molar-refractivity contribution in [3.63, 3.8) is 0 Å². The first-order valence-corrected chi connectivity index (χ1v) is 10.7. The number of carbonyl (C=O) groups is 1. The van der Waals surface area contributed by atoms with Crippen molar-refractivity contribution in [2.24, 2.45) is 5.92 Å². The summed E-state index contributed by atoms with van der Waals surface area (Å²) in [5.41, 5.74) is 0.712. The standard InChI is InChI=1S/C14H20N2O5S2/c1-22(18,19)15-14(17)13-7-9-16(10-8-13)23(20,21)11-12-5-3-2-4-6-12/h2-6,13H,7-11H2,1H3,(H,15,17). The Labute approximate surface area is 136 Å². The van der Waals surface area contributed by atoms with Gasteiger partial charge in [0.1, 0.15) is 0 Å². The molecule has 0 bridgehead atoms. The summed E-state index contributed by atoms with van der Waals surface area (Å²) in [5, 5.41) is 0. The summed E-state index contributed by atoms with van der Waals surface area (Å²) in [7, 11) is -7.02. The summed E-state index contributed by atoms with van der Waals surface area (Å²) in [6.07, 6.45) is 1.55. The van der Waals surface area contributed by atoms with E-state index in [9.17, 15) is 21.6 Å². The van der Waals surface area contributed by atoms with Crippen molar-refractivity contribution in [1.29, 1.82) is 0 Å². The fourth-order valence-corrected chi connectivity index (χ4v) is 4.63. The second-order valence-corrected chi connectivity index (χ2v) is 9.37. The van der Waals surface area contributed by atoms with Gasteiger partial charge < -0.3 is 0 Å². The fraction of sp³-hybridized carbons (Fsp3) is 0.500. The Kier molecular flexibility index (Phi) is 5.43. The number of nitrogens with one attached hydrogen (secondary N) is 1. The lowest BCUT2D eigenvalue weighted by atomic mass is 9.98. The van der Waals surface area contributed by atoms with Gasteiger partial charge >= 0.3 is 0 Å². The Balaban J connectivity index is 1.94. The number of benzene rings is 1. The van der Waals surface area contributed by atoms with Gasteiger partial charge in [-0.2, -0.15) is 0 Å². The lowest BCUT2D eigenvalue weighted by molar-refractivity contribution is -0.124. The third kappa shape index (κ3) is 5.29. The Morgan fingerprint density at radius 3 is 2.22 bits per heavy atom. The van der Waals surface area contributed by atoms with Crippen LogP contribution in [0.2, 0.25) is 0 Å². The minimum Gasteiger partial charge on any atom is -0.274 e. The Bertz CT molecular complexity index is 752. The molecule has 128 valence electrons. The van der Waals surface area contributed by atoms with E-state index in [1.54, 1.807) is 24.3 Å². The van der Waals surface area contributed by atoms with Gasteiger partial charge in [-0.05, 0) is 18.4 Å². The Hall–Kier alpha value is -1.45. The number of amides is 1. The number of nitrogens with zero attached hydrogens (tertiary/aromatic N) is 1. The predicted octanol–water partition coefficient (Wildman–Crippen LogP) is 0.304. The first-order chi connectivity index (χ1) is 10.7. The zero-order valence-corrected chi connectivity index (χ0v) is 14.4. The van der Waals surface area contributed by atoms with Gasteiger partial charge in [0.25, 0.3) is 0 Å². The number of hydrogen-bond acceptors (Lipinski definition) is 5. The molecule has 0 spiro atoms. The molecule has 1 amide bonds. The number of carbonyl (C=O) groups excluding carboxylic acids is 1. The van der Waals surface area contributed by atoms with Gasteiger partial charge in [-0.25, -0.2) is 21.1 Å². The number of hydrogen-bond donors (Lipinski definition) is 1. The largest absolute Gasteiger partial charge is 0.274 e. The van der Waals surface area contributed by atoms with E-state index in [1.165, 1.54) is 4.31 Å². The van der Waals surface area contributed by atoms with Crippen LogP contribution in [0, 0.1) is 5.92 Å². The van der Waals surface area contributed by atoms with Crippen molar-refractivity contribution in [1.82, 2.24) is 9.03 Å². The second-order valence-electron chi connectivity index (χ2n) is 5.65. The Morgan fingerprint density at radius 1 is 1.13 bits per heavy atom. The summed E-state index contributed by atoms with van der Waals surface area (Å²) in [6, 6.07) is 8.90. The van der Waals surface area contributed by atoms with Crippen LogP contribution in [-0.2, 0) is 30.6 Å². The molecule has 0 atom stereocenters. The monoisotopic (exact) mass is 360 g/mol. The molecule has 1 N–H and O–H groups in total. The van der Waals surface area contributed by atoms with Crippen molar-refractivity contribution >= 4 is 26.0 Å². The first-order valence-electron chi connectivity index (χ1n) is 7.21. The molecule has 1 heterocycles. The predicted molar refractivity (Wildman–Crippen MR) is 86.3 cm³/mol. The maximum atomic E-state index is 12.4. The molecule has 7 nitrogen and oxygen atoms in total. The zero-order valence-electron chi connectivity index (χ0n) is 12.8. The average Bonchev–Trinajstić information content (AvgIpc) is 2.46.